The van der Waals surface area contributed by atoms with Crippen LogP contribution in [0, 0.1) is 0 Å². The number of carbonyl (C=O) groups excluding carboxylic acids is 1. The van der Waals surface area contributed by atoms with E-state index in [-0.39, 0.29) is 5.91 Å². The Morgan fingerprint density at radius 2 is 1.77 bits per heavy atom. The molecule has 2 aromatic rings. The van der Waals surface area contributed by atoms with Crippen molar-refractivity contribution < 1.29 is 14.3 Å². The number of hydrogen-bond donors (Lipinski definition) is 1. The van der Waals surface area contributed by atoms with Crippen molar-refractivity contribution in [3.8, 4) is 11.5 Å². The van der Waals surface area contributed by atoms with Crippen molar-refractivity contribution in [1.29, 1.82) is 0 Å². The Labute approximate surface area is 155 Å². The molecule has 0 spiro atoms. The third kappa shape index (κ3) is 4.31. The summed E-state index contributed by atoms with van der Waals surface area (Å²) in [7, 11) is 3.16. The van der Waals surface area contributed by atoms with Crippen molar-refractivity contribution in [1.82, 2.24) is 5.32 Å². The molecule has 1 amide bonds. The maximum Gasteiger partial charge on any atom is 0.264 e. The lowest BCUT2D eigenvalue weighted by Gasteiger charge is -2.07. The van der Waals surface area contributed by atoms with Crippen LogP contribution in [-0.4, -0.2) is 31.5 Å². The Morgan fingerprint density at radius 3 is 2.50 bits per heavy atom. The van der Waals surface area contributed by atoms with Crippen LogP contribution >= 0.6 is 11.8 Å². The molecule has 1 fully saturated rings. The first-order chi connectivity index (χ1) is 12.7. The Bertz CT molecular complexity index is 892. The molecule has 132 valence electrons. The van der Waals surface area contributed by atoms with Crippen molar-refractivity contribution >= 4 is 35.1 Å². The fourth-order valence-corrected chi connectivity index (χ4v) is 3.04. The highest BCUT2D eigenvalue weighted by Crippen LogP contribution is 2.27. The van der Waals surface area contributed by atoms with Crippen LogP contribution in [0.4, 0.5) is 0 Å². The fourth-order valence-electron chi connectivity index (χ4n) is 2.26. The van der Waals surface area contributed by atoms with E-state index < -0.39 is 0 Å². The zero-order valence-corrected chi connectivity index (χ0v) is 15.1. The number of amides is 1. The normalized spacial score (nSPS) is 17.1. The first kappa shape index (κ1) is 17.8. The van der Waals surface area contributed by atoms with Crippen molar-refractivity contribution in [3.63, 3.8) is 0 Å². The number of carbonyl (C=O) groups is 1. The van der Waals surface area contributed by atoms with Crippen molar-refractivity contribution in [2.75, 3.05) is 14.2 Å². The topological polar surface area (TPSA) is 72.3 Å². The summed E-state index contributed by atoms with van der Waals surface area (Å²) in [4.78, 5) is 12.6. The monoisotopic (exact) mass is 367 g/mol. The number of nitrogens with zero attached hydrogens (tertiary/aromatic N) is 2. The zero-order valence-electron chi connectivity index (χ0n) is 14.3. The Morgan fingerprint density at radius 1 is 1.00 bits per heavy atom. The summed E-state index contributed by atoms with van der Waals surface area (Å²) in [6.45, 7) is 0. The van der Waals surface area contributed by atoms with Gasteiger partial charge in [0.05, 0.1) is 25.3 Å². The van der Waals surface area contributed by atoms with Gasteiger partial charge in [-0.15, -0.1) is 5.10 Å². The molecule has 6 nitrogen and oxygen atoms in total. The van der Waals surface area contributed by atoms with E-state index in [9.17, 15) is 4.79 Å². The van der Waals surface area contributed by atoms with Crippen LogP contribution in [0.5, 0.6) is 11.5 Å². The molecule has 0 atom stereocenters. The molecule has 0 aliphatic carbocycles. The third-order valence-electron chi connectivity index (χ3n) is 3.51. The van der Waals surface area contributed by atoms with Gasteiger partial charge in [-0.25, -0.2) is 0 Å². The molecule has 0 radical (unpaired) electrons. The van der Waals surface area contributed by atoms with Gasteiger partial charge in [-0.3, -0.25) is 10.1 Å². The zero-order chi connectivity index (χ0) is 18.4. The van der Waals surface area contributed by atoms with Crippen LogP contribution in [0.2, 0.25) is 0 Å². The highest BCUT2D eigenvalue weighted by Gasteiger charge is 2.23. The average molecular weight is 367 g/mol. The molecule has 0 bridgehead atoms. The van der Waals surface area contributed by atoms with Gasteiger partial charge in [-0.05, 0) is 47.2 Å². The lowest BCUT2D eigenvalue weighted by atomic mass is 10.2. The van der Waals surface area contributed by atoms with Gasteiger partial charge >= 0.3 is 0 Å². The molecule has 0 aromatic heterocycles. The van der Waals surface area contributed by atoms with Crippen molar-refractivity contribution in [2.24, 2.45) is 10.2 Å². The lowest BCUT2D eigenvalue weighted by molar-refractivity contribution is -0.115. The van der Waals surface area contributed by atoms with Crippen LogP contribution in [-0.2, 0) is 4.79 Å². The minimum atomic E-state index is -0.182. The molecule has 2 aromatic carbocycles. The Balaban J connectivity index is 1.71. The van der Waals surface area contributed by atoms with E-state index in [4.69, 9.17) is 9.47 Å². The number of rotatable bonds is 5. The molecule has 1 aliphatic heterocycles. The number of ether oxygens (including phenoxy) is 2. The second-order valence-electron chi connectivity index (χ2n) is 5.24. The van der Waals surface area contributed by atoms with Crippen molar-refractivity contribution in [2.45, 2.75) is 0 Å². The second kappa shape index (κ2) is 8.35. The molecule has 1 heterocycles. The Hall–Kier alpha value is -3.06. The molecule has 1 N–H and O–H groups in total. The van der Waals surface area contributed by atoms with Crippen LogP contribution in [0.1, 0.15) is 11.1 Å². The quantitative estimate of drug-likeness (QED) is 0.500. The molecule has 0 unspecified atom stereocenters. The molecular weight excluding hydrogens is 350 g/mol. The van der Waals surface area contributed by atoms with E-state index in [1.807, 2.05) is 42.5 Å². The van der Waals surface area contributed by atoms with E-state index in [0.29, 0.717) is 21.6 Å². The summed E-state index contributed by atoms with van der Waals surface area (Å²) < 4.78 is 10.4. The summed E-state index contributed by atoms with van der Waals surface area (Å²) in [5.41, 5.74) is 1.77. The minimum absolute atomic E-state index is 0.182. The predicted octanol–water partition coefficient (Wildman–Crippen LogP) is 3.30. The van der Waals surface area contributed by atoms with Gasteiger partial charge in [0.15, 0.2) is 16.7 Å². The maximum atomic E-state index is 12.0. The van der Waals surface area contributed by atoms with Crippen LogP contribution in [0.25, 0.3) is 6.08 Å². The molecular formula is C19H17N3O3S. The van der Waals surface area contributed by atoms with Gasteiger partial charge < -0.3 is 9.47 Å². The average Bonchev–Trinajstić information content (AvgIpc) is 3.01. The molecule has 1 aliphatic rings. The largest absolute Gasteiger partial charge is 0.493 e. The Kier molecular flexibility index (Phi) is 5.70. The van der Waals surface area contributed by atoms with E-state index in [2.05, 4.69) is 15.5 Å². The molecule has 1 saturated heterocycles. The van der Waals surface area contributed by atoms with Crippen molar-refractivity contribution in [3.05, 3.63) is 64.6 Å². The fraction of sp³-hybridized carbons (Fsp3) is 0.105. The summed E-state index contributed by atoms with van der Waals surface area (Å²) in [6.07, 6.45) is 3.40. The van der Waals surface area contributed by atoms with Crippen LogP contribution < -0.4 is 14.8 Å². The maximum absolute atomic E-state index is 12.0. The van der Waals surface area contributed by atoms with E-state index in [1.165, 1.54) is 11.8 Å². The molecule has 3 rings (SSSR count). The van der Waals surface area contributed by atoms with E-state index in [0.717, 1.165) is 11.1 Å². The summed E-state index contributed by atoms with van der Waals surface area (Å²) in [6, 6.07) is 15.1. The number of thioether (sulfide) groups is 1. The number of methoxy groups -OCH3 is 2. The highest BCUT2D eigenvalue weighted by molar-refractivity contribution is 8.18. The van der Waals surface area contributed by atoms with Gasteiger partial charge in [0.25, 0.3) is 5.91 Å². The third-order valence-corrected chi connectivity index (χ3v) is 4.41. The molecule has 0 saturated carbocycles. The standard InChI is InChI=1S/C19H17N3O3S/c1-24-15-9-8-14(10-16(15)25-2)12-20-22-19-21-18(23)17(26-19)11-13-6-4-3-5-7-13/h3-12H,1-2H3,(H,21,22,23)/b17-11+,20-12+. The van der Waals surface area contributed by atoms with E-state index in [1.54, 1.807) is 32.6 Å². The summed E-state index contributed by atoms with van der Waals surface area (Å²) in [5, 5.41) is 11.2. The second-order valence-corrected chi connectivity index (χ2v) is 6.27. The lowest BCUT2D eigenvalue weighted by Crippen LogP contribution is -2.19. The first-order valence-electron chi connectivity index (χ1n) is 7.78. The predicted molar refractivity (Wildman–Crippen MR) is 105 cm³/mol. The van der Waals surface area contributed by atoms with Crippen LogP contribution in [0.15, 0.2) is 63.6 Å². The number of nitrogens with one attached hydrogen (secondary N) is 1. The van der Waals surface area contributed by atoms with Gasteiger partial charge in [-0.1, -0.05) is 30.3 Å². The number of benzene rings is 2. The number of hydrogen-bond acceptors (Lipinski definition) is 6. The van der Waals surface area contributed by atoms with Gasteiger partial charge in [0.1, 0.15) is 0 Å². The smallest absolute Gasteiger partial charge is 0.264 e. The van der Waals surface area contributed by atoms with Gasteiger partial charge in [-0.2, -0.15) is 5.10 Å². The van der Waals surface area contributed by atoms with E-state index >= 15 is 0 Å². The highest BCUT2D eigenvalue weighted by atomic mass is 32.2. The summed E-state index contributed by atoms with van der Waals surface area (Å²) >= 11 is 1.25. The summed E-state index contributed by atoms with van der Waals surface area (Å²) in [5.74, 6) is 1.07. The van der Waals surface area contributed by atoms with Gasteiger partial charge in [0.2, 0.25) is 0 Å². The molecule has 7 heteroatoms. The van der Waals surface area contributed by atoms with Crippen LogP contribution in [0.3, 0.4) is 0 Å². The SMILES string of the molecule is COc1ccc(/C=N/N=C2\NC(=O)/C(=C\c3ccccc3)S2)cc1OC. The van der Waals surface area contributed by atoms with Gasteiger partial charge in [0, 0.05) is 0 Å². The molecule has 26 heavy (non-hydrogen) atoms. The first-order valence-corrected chi connectivity index (χ1v) is 8.60. The number of amidine groups is 1. The minimum Gasteiger partial charge on any atom is -0.493 e.